The molecule has 3 N–H and O–H groups in total. The van der Waals surface area contributed by atoms with Gasteiger partial charge in [-0.2, -0.15) is 0 Å². The molecule has 120 valence electrons. The fourth-order valence-corrected chi connectivity index (χ4v) is 1.74. The summed E-state index contributed by atoms with van der Waals surface area (Å²) in [5.41, 5.74) is 0. The first kappa shape index (κ1) is 19.4. The van der Waals surface area contributed by atoms with Gasteiger partial charge in [0, 0.05) is 32.2 Å². The van der Waals surface area contributed by atoms with Crippen LogP contribution in [0.15, 0.2) is 0 Å². The van der Waals surface area contributed by atoms with Crippen LogP contribution in [0.3, 0.4) is 0 Å². The molecule has 0 fully saturated rings. The lowest BCUT2D eigenvalue weighted by Crippen LogP contribution is -2.35. The van der Waals surface area contributed by atoms with Crippen LogP contribution in [0.4, 0.5) is 0 Å². The molecule has 0 bridgehead atoms. The quantitative estimate of drug-likeness (QED) is 0.474. The van der Waals surface area contributed by atoms with Crippen molar-refractivity contribution in [3.8, 4) is 0 Å². The molecule has 0 spiro atoms. The third-order valence-corrected chi connectivity index (χ3v) is 2.74. The lowest BCUT2D eigenvalue weighted by atomic mass is 10.1. The molecule has 1 atom stereocenters. The number of amides is 1. The Morgan fingerprint density at radius 3 is 2.55 bits per heavy atom. The highest BCUT2D eigenvalue weighted by Crippen LogP contribution is 2.03. The molecule has 20 heavy (non-hydrogen) atoms. The minimum absolute atomic E-state index is 0.0342. The number of carbonyl (C=O) groups excluding carboxylic acids is 1. The maximum atomic E-state index is 11.4. The molecule has 0 radical (unpaired) electrons. The number of carbonyl (C=O) groups is 1. The van der Waals surface area contributed by atoms with Crippen LogP contribution in [0.5, 0.6) is 0 Å². The van der Waals surface area contributed by atoms with E-state index in [-0.39, 0.29) is 11.9 Å². The second kappa shape index (κ2) is 12.1. The van der Waals surface area contributed by atoms with Crippen molar-refractivity contribution < 1.29 is 14.6 Å². The minimum Gasteiger partial charge on any atom is -0.389 e. The molecule has 0 rings (SSSR count). The highest BCUT2D eigenvalue weighted by Gasteiger charge is 2.06. The fraction of sp³-hybridized carbons (Fsp3) is 0.933. The minimum atomic E-state index is -0.512. The predicted octanol–water partition coefficient (Wildman–Crippen LogP) is 1.30. The largest absolute Gasteiger partial charge is 0.389 e. The van der Waals surface area contributed by atoms with Crippen molar-refractivity contribution in [2.75, 3.05) is 26.3 Å². The normalized spacial score (nSPS) is 12.9. The Morgan fingerprint density at radius 1 is 1.25 bits per heavy atom. The van der Waals surface area contributed by atoms with Crippen LogP contribution in [0.1, 0.15) is 47.0 Å². The van der Waals surface area contributed by atoms with Crippen molar-refractivity contribution in [2.45, 2.75) is 59.1 Å². The average molecular weight is 288 g/mol. The lowest BCUT2D eigenvalue weighted by molar-refractivity contribution is -0.121. The summed E-state index contributed by atoms with van der Waals surface area (Å²) in [6.45, 7) is 10.3. The molecule has 5 heteroatoms. The van der Waals surface area contributed by atoms with Gasteiger partial charge >= 0.3 is 0 Å². The Balaban J connectivity index is 3.36. The van der Waals surface area contributed by atoms with E-state index in [1.165, 1.54) is 0 Å². The zero-order chi connectivity index (χ0) is 15.4. The van der Waals surface area contributed by atoms with Crippen molar-refractivity contribution in [1.82, 2.24) is 10.6 Å². The first-order valence-corrected chi connectivity index (χ1v) is 7.67. The summed E-state index contributed by atoms with van der Waals surface area (Å²) < 4.78 is 5.41. The van der Waals surface area contributed by atoms with Gasteiger partial charge in [-0.25, -0.2) is 0 Å². The van der Waals surface area contributed by atoms with Gasteiger partial charge in [0.05, 0.1) is 12.7 Å². The smallest absolute Gasteiger partial charge is 0.221 e. The first-order chi connectivity index (χ1) is 9.41. The van der Waals surface area contributed by atoms with Crippen LogP contribution in [0.2, 0.25) is 0 Å². The standard InChI is InChI=1S/C15H32N2O3/c1-12(2)6-5-9-20-11-14(18)10-16-8-7-15(19)17-13(3)4/h12-14,16,18H,5-11H2,1-4H3,(H,17,19). The van der Waals surface area contributed by atoms with Gasteiger partial charge in [0.2, 0.25) is 5.91 Å². The van der Waals surface area contributed by atoms with E-state index in [1.807, 2.05) is 13.8 Å². The summed E-state index contributed by atoms with van der Waals surface area (Å²) in [5.74, 6) is 0.731. The monoisotopic (exact) mass is 288 g/mol. The summed E-state index contributed by atoms with van der Waals surface area (Å²) in [6, 6.07) is 0.173. The van der Waals surface area contributed by atoms with Crippen molar-refractivity contribution in [1.29, 1.82) is 0 Å². The number of hydrogen-bond acceptors (Lipinski definition) is 4. The van der Waals surface area contributed by atoms with Crippen molar-refractivity contribution in [2.24, 2.45) is 5.92 Å². The highest BCUT2D eigenvalue weighted by atomic mass is 16.5. The molecule has 0 saturated heterocycles. The third-order valence-electron chi connectivity index (χ3n) is 2.74. The topological polar surface area (TPSA) is 70.6 Å². The van der Waals surface area contributed by atoms with Gasteiger partial charge in [0.1, 0.15) is 0 Å². The van der Waals surface area contributed by atoms with Crippen molar-refractivity contribution in [3.63, 3.8) is 0 Å². The van der Waals surface area contributed by atoms with Crippen molar-refractivity contribution in [3.05, 3.63) is 0 Å². The average Bonchev–Trinajstić information content (AvgIpc) is 2.33. The van der Waals surface area contributed by atoms with Crippen LogP contribution < -0.4 is 10.6 Å². The molecule has 0 heterocycles. The second-order valence-electron chi connectivity index (χ2n) is 5.94. The third kappa shape index (κ3) is 13.8. The zero-order valence-corrected chi connectivity index (χ0v) is 13.4. The Kier molecular flexibility index (Phi) is 11.7. The maximum absolute atomic E-state index is 11.4. The zero-order valence-electron chi connectivity index (χ0n) is 13.4. The Morgan fingerprint density at radius 2 is 1.95 bits per heavy atom. The van der Waals surface area contributed by atoms with Gasteiger partial charge in [0.15, 0.2) is 0 Å². The van der Waals surface area contributed by atoms with Crippen LogP contribution in [-0.4, -0.2) is 49.5 Å². The van der Waals surface area contributed by atoms with E-state index in [2.05, 4.69) is 24.5 Å². The molecular formula is C15H32N2O3. The molecular weight excluding hydrogens is 256 g/mol. The SMILES string of the molecule is CC(C)CCCOCC(O)CNCCC(=O)NC(C)C. The van der Waals surface area contributed by atoms with Gasteiger partial charge in [-0.15, -0.1) is 0 Å². The summed E-state index contributed by atoms with van der Waals surface area (Å²) in [7, 11) is 0. The second-order valence-corrected chi connectivity index (χ2v) is 5.94. The van der Waals surface area contributed by atoms with E-state index in [9.17, 15) is 9.90 Å². The molecule has 0 aromatic carbocycles. The van der Waals surface area contributed by atoms with E-state index < -0.39 is 6.10 Å². The summed E-state index contributed by atoms with van der Waals surface area (Å²) in [6.07, 6.45) is 2.11. The number of ether oxygens (including phenoxy) is 1. The first-order valence-electron chi connectivity index (χ1n) is 7.67. The predicted molar refractivity (Wildman–Crippen MR) is 81.7 cm³/mol. The van der Waals surface area contributed by atoms with Gasteiger partial charge < -0.3 is 20.5 Å². The number of hydrogen-bond donors (Lipinski definition) is 3. The van der Waals surface area contributed by atoms with Crippen LogP contribution in [-0.2, 0) is 9.53 Å². The lowest BCUT2D eigenvalue weighted by Gasteiger charge is -2.13. The summed E-state index contributed by atoms with van der Waals surface area (Å²) >= 11 is 0. The summed E-state index contributed by atoms with van der Waals surface area (Å²) in [4.78, 5) is 11.4. The molecule has 1 unspecified atom stereocenters. The molecule has 0 aliphatic carbocycles. The van der Waals surface area contributed by atoms with Gasteiger partial charge in [-0.1, -0.05) is 13.8 Å². The molecule has 0 aromatic heterocycles. The van der Waals surface area contributed by atoms with Gasteiger partial charge in [0.25, 0.3) is 0 Å². The maximum Gasteiger partial charge on any atom is 0.221 e. The number of nitrogens with one attached hydrogen (secondary N) is 2. The molecule has 1 amide bonds. The van der Waals surface area contributed by atoms with E-state index in [0.717, 1.165) is 12.8 Å². The Hall–Kier alpha value is -0.650. The molecule has 0 aliphatic rings. The van der Waals surface area contributed by atoms with Crippen LogP contribution in [0, 0.1) is 5.92 Å². The number of aliphatic hydroxyl groups excluding tert-OH is 1. The van der Waals surface area contributed by atoms with E-state index in [0.29, 0.717) is 38.6 Å². The molecule has 0 aromatic rings. The van der Waals surface area contributed by atoms with Crippen molar-refractivity contribution >= 4 is 5.91 Å². The summed E-state index contributed by atoms with van der Waals surface area (Å²) in [5, 5.41) is 15.6. The van der Waals surface area contributed by atoms with Crippen LogP contribution >= 0.6 is 0 Å². The molecule has 5 nitrogen and oxygen atoms in total. The Labute approximate surface area is 123 Å². The number of rotatable bonds is 12. The van der Waals surface area contributed by atoms with Crippen LogP contribution in [0.25, 0.3) is 0 Å². The van der Waals surface area contributed by atoms with Gasteiger partial charge in [-0.3, -0.25) is 4.79 Å². The number of aliphatic hydroxyl groups is 1. The van der Waals surface area contributed by atoms with E-state index >= 15 is 0 Å². The van der Waals surface area contributed by atoms with Gasteiger partial charge in [-0.05, 0) is 32.6 Å². The van der Waals surface area contributed by atoms with E-state index in [4.69, 9.17) is 4.74 Å². The fourth-order valence-electron chi connectivity index (χ4n) is 1.74. The molecule has 0 aliphatic heterocycles. The highest BCUT2D eigenvalue weighted by molar-refractivity contribution is 5.76. The van der Waals surface area contributed by atoms with E-state index in [1.54, 1.807) is 0 Å². The molecule has 0 saturated carbocycles. The Bertz CT molecular complexity index is 245.